The van der Waals surface area contributed by atoms with E-state index < -0.39 is 0 Å². The first-order valence-corrected chi connectivity index (χ1v) is 8.83. The number of hydrogen-bond donors (Lipinski definition) is 0. The number of imidazole rings is 1. The second-order valence-electron chi connectivity index (χ2n) is 6.10. The van der Waals surface area contributed by atoms with Crippen molar-refractivity contribution in [1.29, 1.82) is 0 Å². The van der Waals surface area contributed by atoms with Gasteiger partial charge in [-0.3, -0.25) is 0 Å². The van der Waals surface area contributed by atoms with E-state index in [0.29, 0.717) is 0 Å². The van der Waals surface area contributed by atoms with E-state index in [1.807, 2.05) is 0 Å². The molecule has 0 amide bonds. The SMILES string of the molecule is CCCCCCCc1n(CCCCCCC)cc[n+]1C. The fourth-order valence-electron chi connectivity index (χ4n) is 2.85. The van der Waals surface area contributed by atoms with Crippen LogP contribution in [-0.4, -0.2) is 4.57 Å². The maximum atomic E-state index is 2.48. The smallest absolute Gasteiger partial charge is 0.237 e. The van der Waals surface area contributed by atoms with Crippen LogP contribution >= 0.6 is 0 Å². The van der Waals surface area contributed by atoms with Crippen LogP contribution in [0.15, 0.2) is 12.4 Å². The van der Waals surface area contributed by atoms with Gasteiger partial charge in [-0.25, -0.2) is 9.13 Å². The summed E-state index contributed by atoms with van der Waals surface area (Å²) >= 11 is 0. The summed E-state index contributed by atoms with van der Waals surface area (Å²) in [5.41, 5.74) is 0. The molecule has 0 unspecified atom stereocenters. The Morgan fingerprint density at radius 3 is 2.10 bits per heavy atom. The van der Waals surface area contributed by atoms with E-state index in [9.17, 15) is 0 Å². The molecule has 0 aliphatic heterocycles. The molecule has 0 atom stereocenters. The second kappa shape index (κ2) is 10.9. The topological polar surface area (TPSA) is 8.81 Å². The van der Waals surface area contributed by atoms with Gasteiger partial charge in [0.15, 0.2) is 0 Å². The number of rotatable bonds is 12. The molecule has 1 rings (SSSR count). The quantitative estimate of drug-likeness (QED) is 0.384. The molecule has 0 aromatic carbocycles. The van der Waals surface area contributed by atoms with E-state index >= 15 is 0 Å². The monoisotopic (exact) mass is 279 g/mol. The van der Waals surface area contributed by atoms with Gasteiger partial charge < -0.3 is 0 Å². The van der Waals surface area contributed by atoms with Crippen molar-refractivity contribution >= 4 is 0 Å². The lowest BCUT2D eigenvalue weighted by Crippen LogP contribution is -2.32. The molecule has 2 nitrogen and oxygen atoms in total. The van der Waals surface area contributed by atoms with Gasteiger partial charge in [-0.2, -0.15) is 0 Å². The summed E-state index contributed by atoms with van der Waals surface area (Å²) < 4.78 is 4.79. The van der Waals surface area contributed by atoms with Gasteiger partial charge in [-0.05, 0) is 19.3 Å². The third-order valence-electron chi connectivity index (χ3n) is 4.22. The molecule has 2 heteroatoms. The van der Waals surface area contributed by atoms with Gasteiger partial charge >= 0.3 is 0 Å². The Hall–Kier alpha value is -0.790. The summed E-state index contributed by atoms with van der Waals surface area (Å²) in [6.45, 7) is 5.77. The number of aryl methyl sites for hydroxylation is 2. The number of aromatic nitrogens is 2. The molecule has 0 spiro atoms. The van der Waals surface area contributed by atoms with Crippen molar-refractivity contribution in [3.05, 3.63) is 18.2 Å². The van der Waals surface area contributed by atoms with Gasteiger partial charge in [0.05, 0.1) is 13.6 Å². The minimum atomic E-state index is 1.20. The van der Waals surface area contributed by atoms with Gasteiger partial charge in [0.25, 0.3) is 5.82 Å². The highest BCUT2D eigenvalue weighted by atomic mass is 15.1. The average Bonchev–Trinajstić information content (AvgIpc) is 2.79. The molecule has 0 N–H and O–H groups in total. The van der Waals surface area contributed by atoms with Crippen molar-refractivity contribution < 1.29 is 4.57 Å². The van der Waals surface area contributed by atoms with Crippen LogP contribution in [-0.2, 0) is 20.0 Å². The minimum absolute atomic E-state index is 1.20. The molecule has 0 fully saturated rings. The van der Waals surface area contributed by atoms with Gasteiger partial charge in [0, 0.05) is 6.42 Å². The average molecular weight is 279 g/mol. The third-order valence-corrected chi connectivity index (χ3v) is 4.22. The van der Waals surface area contributed by atoms with Crippen LogP contribution in [0, 0.1) is 0 Å². The summed E-state index contributed by atoms with van der Waals surface area (Å²) in [6.07, 6.45) is 19.4. The van der Waals surface area contributed by atoms with Gasteiger partial charge in [-0.15, -0.1) is 0 Å². The fraction of sp³-hybridized carbons (Fsp3) is 0.833. The predicted molar refractivity (Wildman–Crippen MR) is 86.8 cm³/mol. The van der Waals surface area contributed by atoms with Crippen molar-refractivity contribution in [3.8, 4) is 0 Å². The highest BCUT2D eigenvalue weighted by molar-refractivity contribution is 4.84. The zero-order chi connectivity index (χ0) is 14.6. The largest absolute Gasteiger partial charge is 0.256 e. The Morgan fingerprint density at radius 2 is 1.45 bits per heavy atom. The Kier molecular flexibility index (Phi) is 9.44. The zero-order valence-electron chi connectivity index (χ0n) is 14.0. The first kappa shape index (κ1) is 17.3. The van der Waals surface area contributed by atoms with Crippen molar-refractivity contribution in [3.63, 3.8) is 0 Å². The summed E-state index contributed by atoms with van der Waals surface area (Å²) in [5, 5.41) is 0. The first-order chi connectivity index (χ1) is 9.79. The van der Waals surface area contributed by atoms with E-state index in [0.717, 1.165) is 0 Å². The maximum absolute atomic E-state index is 2.48. The molecular weight excluding hydrogens is 244 g/mol. The van der Waals surface area contributed by atoms with Crippen LogP contribution in [0.2, 0.25) is 0 Å². The molecule has 1 aromatic heterocycles. The van der Waals surface area contributed by atoms with Crippen LogP contribution < -0.4 is 4.57 Å². The van der Waals surface area contributed by atoms with Crippen LogP contribution in [0.1, 0.15) is 83.9 Å². The highest BCUT2D eigenvalue weighted by Gasteiger charge is 2.13. The van der Waals surface area contributed by atoms with E-state index in [2.05, 4.69) is 42.4 Å². The Balaban J connectivity index is 2.28. The fourth-order valence-corrected chi connectivity index (χ4v) is 2.85. The zero-order valence-corrected chi connectivity index (χ0v) is 14.0. The summed E-state index contributed by atoms with van der Waals surface area (Å²) in [4.78, 5) is 0. The molecule has 0 radical (unpaired) electrons. The summed E-state index contributed by atoms with van der Waals surface area (Å²) in [7, 11) is 2.19. The van der Waals surface area contributed by atoms with Crippen LogP contribution in [0.25, 0.3) is 0 Å². The standard InChI is InChI=1S/C18H35N2/c1-4-6-8-10-12-14-18-19(3)16-17-20(18)15-13-11-9-7-5-2/h16-17H,4-15H2,1-3H3/q+1. The van der Waals surface area contributed by atoms with E-state index in [-0.39, 0.29) is 0 Å². The Bertz CT molecular complexity index is 341. The van der Waals surface area contributed by atoms with Crippen molar-refractivity contribution in [2.45, 2.75) is 91.0 Å². The molecule has 116 valence electrons. The van der Waals surface area contributed by atoms with Crippen molar-refractivity contribution in [2.75, 3.05) is 0 Å². The predicted octanol–water partition coefficient (Wildman–Crippen LogP) is 4.80. The van der Waals surface area contributed by atoms with Crippen LogP contribution in [0.5, 0.6) is 0 Å². The van der Waals surface area contributed by atoms with Crippen molar-refractivity contribution in [1.82, 2.24) is 4.57 Å². The number of hydrogen-bond acceptors (Lipinski definition) is 0. The van der Waals surface area contributed by atoms with E-state index in [4.69, 9.17) is 0 Å². The Morgan fingerprint density at radius 1 is 0.850 bits per heavy atom. The number of unbranched alkanes of at least 4 members (excludes halogenated alkanes) is 8. The molecule has 1 heterocycles. The highest BCUT2D eigenvalue weighted by Crippen LogP contribution is 2.09. The minimum Gasteiger partial charge on any atom is -0.237 e. The lowest BCUT2D eigenvalue weighted by molar-refractivity contribution is -0.678. The molecule has 0 aliphatic carbocycles. The third kappa shape index (κ3) is 6.58. The van der Waals surface area contributed by atoms with Gasteiger partial charge in [-0.1, -0.05) is 58.8 Å². The summed E-state index contributed by atoms with van der Waals surface area (Å²) in [6, 6.07) is 0. The number of nitrogens with zero attached hydrogens (tertiary/aromatic N) is 2. The van der Waals surface area contributed by atoms with E-state index in [1.54, 1.807) is 0 Å². The molecule has 0 aliphatic rings. The van der Waals surface area contributed by atoms with E-state index in [1.165, 1.54) is 83.0 Å². The molecule has 1 aromatic rings. The second-order valence-corrected chi connectivity index (χ2v) is 6.10. The molecular formula is C18H35N2+. The normalized spacial score (nSPS) is 11.2. The van der Waals surface area contributed by atoms with Crippen LogP contribution in [0.4, 0.5) is 0 Å². The molecule has 0 bridgehead atoms. The summed E-state index contributed by atoms with van der Waals surface area (Å²) in [5.74, 6) is 1.51. The molecule has 0 saturated heterocycles. The first-order valence-electron chi connectivity index (χ1n) is 8.83. The van der Waals surface area contributed by atoms with Gasteiger partial charge in [0.2, 0.25) is 0 Å². The lowest BCUT2D eigenvalue weighted by Gasteiger charge is -2.04. The van der Waals surface area contributed by atoms with Crippen molar-refractivity contribution in [2.24, 2.45) is 7.05 Å². The Labute approximate surface area is 126 Å². The van der Waals surface area contributed by atoms with Gasteiger partial charge in [0.1, 0.15) is 12.4 Å². The molecule has 20 heavy (non-hydrogen) atoms. The van der Waals surface area contributed by atoms with Crippen LogP contribution in [0.3, 0.4) is 0 Å². The maximum Gasteiger partial charge on any atom is 0.256 e. The molecule has 0 saturated carbocycles. The lowest BCUT2D eigenvalue weighted by atomic mass is 10.1.